The number of rotatable bonds is 5. The number of carbonyl (C=O) groups is 1. The van der Waals surface area contributed by atoms with E-state index in [9.17, 15) is 27.5 Å². The van der Waals surface area contributed by atoms with Crippen molar-refractivity contribution in [2.24, 2.45) is 11.3 Å². The van der Waals surface area contributed by atoms with Crippen LogP contribution in [0.3, 0.4) is 0 Å². The van der Waals surface area contributed by atoms with Crippen LogP contribution in [0.15, 0.2) is 24.3 Å². The highest BCUT2D eigenvalue weighted by Crippen LogP contribution is 2.42. The maximum atomic E-state index is 14.3. The topological polar surface area (TPSA) is 70.7 Å². The minimum atomic E-state index is -4.79. The Hall–Kier alpha value is -3.17. The van der Waals surface area contributed by atoms with Crippen LogP contribution in [-0.2, 0) is 11.0 Å². The summed E-state index contributed by atoms with van der Waals surface area (Å²) < 4.78 is 55.0. The largest absolute Gasteiger partial charge is 0.481 e. The van der Waals surface area contributed by atoms with E-state index in [0.717, 1.165) is 23.1 Å². The Morgan fingerprint density at radius 3 is 2.42 bits per heavy atom. The van der Waals surface area contributed by atoms with Crippen LogP contribution in [0.25, 0.3) is 16.9 Å². The van der Waals surface area contributed by atoms with Crippen molar-refractivity contribution in [1.82, 2.24) is 14.6 Å². The molecule has 0 radical (unpaired) electrons. The monoisotopic (exact) mass is 506 g/mol. The van der Waals surface area contributed by atoms with E-state index in [1.54, 1.807) is 10.6 Å². The van der Waals surface area contributed by atoms with Gasteiger partial charge in [0.25, 0.3) is 0 Å². The summed E-state index contributed by atoms with van der Waals surface area (Å²) in [4.78, 5) is 19.1. The molecule has 1 unspecified atom stereocenters. The van der Waals surface area contributed by atoms with E-state index < -0.39 is 28.9 Å². The van der Waals surface area contributed by atoms with Crippen LogP contribution in [0, 0.1) is 24.1 Å². The Labute approximate surface area is 206 Å². The first-order valence-corrected chi connectivity index (χ1v) is 12.0. The number of halogens is 4. The van der Waals surface area contributed by atoms with Gasteiger partial charge in [-0.05, 0) is 43.7 Å². The van der Waals surface area contributed by atoms with Crippen molar-refractivity contribution in [1.29, 1.82) is 0 Å². The molecule has 2 aromatic heterocycles. The Morgan fingerprint density at radius 2 is 1.86 bits per heavy atom. The number of hydrogen-bond acceptors (Lipinski definition) is 4. The van der Waals surface area contributed by atoms with Crippen LogP contribution in [0.1, 0.15) is 63.3 Å². The van der Waals surface area contributed by atoms with Gasteiger partial charge in [-0.3, -0.25) is 4.79 Å². The molecule has 194 valence electrons. The fraction of sp³-hybridized carbons (Fsp3) is 0.500. The zero-order valence-electron chi connectivity index (χ0n) is 20.9. The molecule has 1 N–H and O–H groups in total. The van der Waals surface area contributed by atoms with Gasteiger partial charge in [-0.25, -0.2) is 9.37 Å². The first kappa shape index (κ1) is 25.9. The second-order valence-corrected chi connectivity index (χ2v) is 10.2. The summed E-state index contributed by atoms with van der Waals surface area (Å²) in [6.45, 7) is 10.7. The third-order valence-corrected chi connectivity index (χ3v) is 7.31. The number of nitrogens with zero attached hydrogens (tertiary/aromatic N) is 4. The first-order chi connectivity index (χ1) is 16.8. The number of hydrogen-bond donors (Lipinski definition) is 1. The molecule has 1 aromatic carbocycles. The Morgan fingerprint density at radius 1 is 1.17 bits per heavy atom. The van der Waals surface area contributed by atoms with Crippen molar-refractivity contribution in [3.05, 3.63) is 46.9 Å². The van der Waals surface area contributed by atoms with E-state index in [0.29, 0.717) is 37.6 Å². The smallest absolute Gasteiger partial charge is 0.419 e. The van der Waals surface area contributed by atoms with Gasteiger partial charge in [0.1, 0.15) is 11.6 Å². The minimum absolute atomic E-state index is 0.0493. The number of aromatic nitrogens is 3. The number of carboxylic acid groups (broad SMARTS) is 1. The first-order valence-electron chi connectivity index (χ1n) is 12.0. The highest BCUT2D eigenvalue weighted by atomic mass is 19.4. The maximum Gasteiger partial charge on any atom is 0.419 e. The van der Waals surface area contributed by atoms with E-state index in [-0.39, 0.29) is 23.1 Å². The van der Waals surface area contributed by atoms with Crippen LogP contribution in [-0.4, -0.2) is 38.8 Å². The Kier molecular flexibility index (Phi) is 6.51. The molecule has 3 heterocycles. The average molecular weight is 507 g/mol. The van der Waals surface area contributed by atoms with Gasteiger partial charge in [-0.1, -0.05) is 33.8 Å². The zero-order valence-corrected chi connectivity index (χ0v) is 20.9. The molecule has 0 aliphatic carbocycles. The highest BCUT2D eigenvalue weighted by Gasteiger charge is 2.46. The summed E-state index contributed by atoms with van der Waals surface area (Å²) >= 11 is 0. The van der Waals surface area contributed by atoms with Gasteiger partial charge in [-0.15, -0.1) is 0 Å². The molecule has 4 rings (SSSR count). The fourth-order valence-corrected chi connectivity index (χ4v) is 5.30. The van der Waals surface area contributed by atoms with Crippen molar-refractivity contribution in [3.8, 4) is 11.3 Å². The Bertz CT molecular complexity index is 1320. The number of fused-ring (bicyclic) bond motifs is 1. The van der Waals surface area contributed by atoms with Crippen molar-refractivity contribution >= 4 is 17.4 Å². The maximum absolute atomic E-state index is 14.3. The predicted octanol–water partition coefficient (Wildman–Crippen LogP) is 6.31. The molecule has 1 saturated heterocycles. The van der Waals surface area contributed by atoms with E-state index in [2.05, 4.69) is 10.1 Å². The molecular weight excluding hydrogens is 476 g/mol. The average Bonchev–Trinajstić information content (AvgIpc) is 3.20. The lowest BCUT2D eigenvalue weighted by Gasteiger charge is -2.44. The summed E-state index contributed by atoms with van der Waals surface area (Å²) in [5.74, 6) is -1.53. The van der Waals surface area contributed by atoms with E-state index in [4.69, 9.17) is 0 Å². The number of alkyl halides is 3. The molecule has 1 aliphatic rings. The van der Waals surface area contributed by atoms with E-state index in [1.807, 2.05) is 39.5 Å². The third-order valence-electron chi connectivity index (χ3n) is 7.31. The third kappa shape index (κ3) is 4.30. The van der Waals surface area contributed by atoms with Crippen LogP contribution in [0.4, 0.5) is 23.4 Å². The molecule has 0 amide bonds. The van der Waals surface area contributed by atoms with Gasteiger partial charge >= 0.3 is 12.1 Å². The van der Waals surface area contributed by atoms with Gasteiger partial charge in [0.05, 0.1) is 16.7 Å². The molecule has 36 heavy (non-hydrogen) atoms. The SMILES string of the molecule is Cc1nc2cc(-c3ccc(C(F)(F)F)c(F)c3)nn2c(N2CCCC(C(=O)O)(C(C)C)C2)c1C(C)C. The quantitative estimate of drug-likeness (QED) is 0.411. The molecular formula is C26H30F4N4O2. The Balaban J connectivity index is 1.89. The molecule has 0 spiro atoms. The second-order valence-electron chi connectivity index (χ2n) is 10.2. The van der Waals surface area contributed by atoms with E-state index in [1.165, 1.54) is 6.07 Å². The molecule has 1 atom stereocenters. The zero-order chi connectivity index (χ0) is 26.6. The van der Waals surface area contributed by atoms with Crippen LogP contribution in [0.2, 0.25) is 0 Å². The highest BCUT2D eigenvalue weighted by molar-refractivity contribution is 5.77. The van der Waals surface area contributed by atoms with Crippen LogP contribution in [0.5, 0.6) is 0 Å². The molecule has 6 nitrogen and oxygen atoms in total. The van der Waals surface area contributed by atoms with E-state index >= 15 is 0 Å². The van der Waals surface area contributed by atoms with Crippen molar-refractivity contribution in [3.63, 3.8) is 0 Å². The lowest BCUT2D eigenvalue weighted by Crippen LogP contribution is -2.51. The lowest BCUT2D eigenvalue weighted by atomic mass is 9.71. The molecule has 3 aromatic rings. The van der Waals surface area contributed by atoms with Crippen molar-refractivity contribution in [2.75, 3.05) is 18.0 Å². The molecule has 0 bridgehead atoms. The van der Waals surface area contributed by atoms with Crippen LogP contribution < -0.4 is 4.90 Å². The molecule has 1 fully saturated rings. The minimum Gasteiger partial charge on any atom is -0.481 e. The summed E-state index contributed by atoms with van der Waals surface area (Å²) in [5, 5.41) is 14.8. The standard InChI is InChI=1S/C26H30F4N4O2/c1-14(2)22-16(5)31-21-12-20(17-7-8-18(19(27)11-17)26(28,29)30)32-34(21)23(22)33-10-6-9-25(13-33,15(3)4)24(35)36/h7-8,11-12,14-15H,6,9-10,13H2,1-5H3,(H,35,36). The van der Waals surface area contributed by atoms with Gasteiger partial charge in [-0.2, -0.15) is 22.8 Å². The van der Waals surface area contributed by atoms with Crippen molar-refractivity contribution < 1.29 is 27.5 Å². The second kappa shape index (κ2) is 9.05. The van der Waals surface area contributed by atoms with Gasteiger partial charge in [0.2, 0.25) is 0 Å². The molecule has 10 heteroatoms. The summed E-state index contributed by atoms with van der Waals surface area (Å²) in [6, 6.07) is 4.34. The van der Waals surface area contributed by atoms with Gasteiger partial charge in [0.15, 0.2) is 5.65 Å². The van der Waals surface area contributed by atoms with Gasteiger partial charge < -0.3 is 10.0 Å². The van der Waals surface area contributed by atoms with Crippen molar-refractivity contribution in [2.45, 2.75) is 59.6 Å². The summed E-state index contributed by atoms with van der Waals surface area (Å²) in [5.41, 5.74) is 0.345. The number of aliphatic carboxylic acids is 1. The number of benzene rings is 1. The van der Waals surface area contributed by atoms with Gasteiger partial charge in [0, 0.05) is 36.0 Å². The number of anilines is 1. The fourth-order valence-electron chi connectivity index (χ4n) is 5.30. The number of carboxylic acids is 1. The summed E-state index contributed by atoms with van der Waals surface area (Å²) in [7, 11) is 0. The predicted molar refractivity (Wildman–Crippen MR) is 129 cm³/mol. The lowest BCUT2D eigenvalue weighted by molar-refractivity contribution is -0.152. The number of piperidine rings is 1. The normalized spacial score (nSPS) is 19.0. The summed E-state index contributed by atoms with van der Waals surface area (Å²) in [6.07, 6.45) is -3.54. The van der Waals surface area contributed by atoms with Crippen LogP contribution >= 0.6 is 0 Å². The molecule has 0 saturated carbocycles. The molecule has 1 aliphatic heterocycles. The number of aryl methyl sites for hydroxylation is 1.